The third-order valence-electron chi connectivity index (χ3n) is 1.55. The molecule has 1 rings (SSSR count). The molecule has 0 amide bonds. The molecule has 4 N–H and O–H groups in total. The molecule has 0 radical (unpaired) electrons. The Balaban J connectivity index is 2.48. The zero-order valence-corrected chi connectivity index (χ0v) is 8.72. The fourth-order valence-electron chi connectivity index (χ4n) is 1.14. The van der Waals surface area contributed by atoms with Crippen LogP contribution in [-0.2, 0) is 9.09 Å². The zero-order valence-electron chi connectivity index (χ0n) is 6.83. The predicted octanol–water partition coefficient (Wildman–Crippen LogP) is -1.11. The van der Waals surface area contributed by atoms with Gasteiger partial charge in [-0.2, -0.15) is 0 Å². The molecule has 1 heterocycles. The van der Waals surface area contributed by atoms with Crippen molar-refractivity contribution < 1.29 is 28.7 Å². The average Bonchev–Trinajstić information content (AvgIpc) is 1.79. The molecule has 9 heteroatoms. The molecule has 0 saturated carbocycles. The molecule has 80 valence electrons. The van der Waals surface area contributed by atoms with E-state index in [0.29, 0.717) is 6.54 Å². The van der Waals surface area contributed by atoms with Gasteiger partial charge in [-0.3, -0.25) is 0 Å². The van der Waals surface area contributed by atoms with Crippen molar-refractivity contribution in [2.45, 2.75) is 0 Å². The van der Waals surface area contributed by atoms with Crippen LogP contribution in [0, 0.1) is 0 Å². The second-order valence-electron chi connectivity index (χ2n) is 2.95. The van der Waals surface area contributed by atoms with Crippen LogP contribution in [0.2, 0.25) is 0 Å². The van der Waals surface area contributed by atoms with Crippen LogP contribution >= 0.6 is 15.5 Å². The second-order valence-corrected chi connectivity index (χ2v) is 6.65. The van der Waals surface area contributed by atoms with Crippen LogP contribution in [-0.4, -0.2) is 50.2 Å². The Labute approximate surface area is 75.7 Å². The van der Waals surface area contributed by atoms with Gasteiger partial charge in [0.25, 0.3) is 0 Å². The molecule has 7 nitrogen and oxygen atoms in total. The molecule has 0 spiro atoms. The Morgan fingerprint density at radius 2 is 2.08 bits per heavy atom. The molecule has 1 aliphatic rings. The van der Waals surface area contributed by atoms with Gasteiger partial charge >= 0.3 is 74.8 Å². The van der Waals surface area contributed by atoms with E-state index in [0.717, 1.165) is 0 Å². The maximum atomic E-state index is 10.6. The number of hydrogen-bond acceptors (Lipinski definition) is 5. The number of hydrogen-bond donors (Lipinski definition) is 4. The van der Waals surface area contributed by atoms with E-state index in [9.17, 15) is 4.57 Å². The van der Waals surface area contributed by atoms with Gasteiger partial charge in [-0.25, -0.2) is 0 Å². The zero-order chi connectivity index (χ0) is 10.1. The average molecular weight is 233 g/mol. The summed E-state index contributed by atoms with van der Waals surface area (Å²) in [5.41, 5.74) is 0. The molecule has 1 aliphatic heterocycles. The Kier molecular flexibility index (Phi) is 3.43. The Morgan fingerprint density at radius 3 is 2.54 bits per heavy atom. The SMILES string of the molecule is O=P(O)(O)CN1CCO[PH](O)(O)C1. The number of nitrogens with zero attached hydrogens (tertiary/aromatic N) is 1. The monoisotopic (exact) mass is 233 g/mol. The molecule has 0 aromatic heterocycles. The van der Waals surface area contributed by atoms with Gasteiger partial charge in [0.15, 0.2) is 0 Å². The summed E-state index contributed by atoms with van der Waals surface area (Å²) in [6, 6.07) is 0. The summed E-state index contributed by atoms with van der Waals surface area (Å²) in [6.45, 7) is 0.403. The maximum absolute atomic E-state index is 10.6. The first kappa shape index (κ1) is 11.5. The van der Waals surface area contributed by atoms with E-state index in [1.807, 2.05) is 0 Å². The minimum atomic E-state index is -4.12. The van der Waals surface area contributed by atoms with Crippen molar-refractivity contribution in [2.24, 2.45) is 0 Å². The molecule has 1 fully saturated rings. The van der Waals surface area contributed by atoms with Crippen molar-refractivity contribution in [3.05, 3.63) is 0 Å². The summed E-state index contributed by atoms with van der Waals surface area (Å²) in [4.78, 5) is 36.8. The van der Waals surface area contributed by atoms with Crippen LogP contribution < -0.4 is 0 Å². The van der Waals surface area contributed by atoms with E-state index in [1.54, 1.807) is 0 Å². The summed E-state index contributed by atoms with van der Waals surface area (Å²) < 4.78 is 15.2. The fourth-order valence-corrected chi connectivity index (χ4v) is 3.45. The topological polar surface area (TPSA) is 110 Å². The summed E-state index contributed by atoms with van der Waals surface area (Å²) >= 11 is 0. The Morgan fingerprint density at radius 1 is 1.46 bits per heavy atom. The molecule has 0 unspecified atom stereocenters. The Hall–Kier alpha value is 0.420. The normalized spacial score (nSPS) is 27.1. The molecule has 0 bridgehead atoms. The van der Waals surface area contributed by atoms with Gasteiger partial charge in [0.05, 0.1) is 0 Å². The minimum absolute atomic E-state index is 0.0965. The van der Waals surface area contributed by atoms with Gasteiger partial charge in [0, 0.05) is 0 Å². The summed E-state index contributed by atoms with van der Waals surface area (Å²) in [5, 5.41) is 0. The summed E-state index contributed by atoms with van der Waals surface area (Å²) in [5.74, 6) is 0. The van der Waals surface area contributed by atoms with E-state index in [2.05, 4.69) is 4.52 Å². The third kappa shape index (κ3) is 4.44. The van der Waals surface area contributed by atoms with Crippen molar-refractivity contribution in [2.75, 3.05) is 25.7 Å². The quantitative estimate of drug-likeness (QED) is 0.447. The van der Waals surface area contributed by atoms with Crippen LogP contribution in [0.5, 0.6) is 0 Å². The van der Waals surface area contributed by atoms with Crippen LogP contribution in [0.3, 0.4) is 0 Å². The van der Waals surface area contributed by atoms with Crippen molar-refractivity contribution >= 4 is 15.5 Å². The first-order valence-corrected chi connectivity index (χ1v) is 7.45. The van der Waals surface area contributed by atoms with Gasteiger partial charge in [-0.15, -0.1) is 0 Å². The molecular formula is C4H13NO6P2. The molecule has 1 saturated heterocycles. The van der Waals surface area contributed by atoms with E-state index in [1.165, 1.54) is 4.90 Å². The van der Waals surface area contributed by atoms with Gasteiger partial charge in [-0.05, 0) is 0 Å². The fraction of sp³-hybridized carbons (Fsp3) is 1.00. The second kappa shape index (κ2) is 3.88. The molecule has 0 aliphatic carbocycles. The van der Waals surface area contributed by atoms with Gasteiger partial charge in [0.1, 0.15) is 0 Å². The van der Waals surface area contributed by atoms with Crippen LogP contribution in [0.25, 0.3) is 0 Å². The predicted molar refractivity (Wildman–Crippen MR) is 47.2 cm³/mol. The van der Waals surface area contributed by atoms with E-state index < -0.39 is 21.8 Å². The van der Waals surface area contributed by atoms with E-state index in [4.69, 9.17) is 19.6 Å². The summed E-state index contributed by atoms with van der Waals surface area (Å²) in [7, 11) is -7.79. The first-order chi connectivity index (χ1) is 5.79. The van der Waals surface area contributed by atoms with Crippen molar-refractivity contribution in [1.29, 1.82) is 0 Å². The van der Waals surface area contributed by atoms with Crippen LogP contribution in [0.4, 0.5) is 0 Å². The molecule has 0 atom stereocenters. The molecule has 13 heavy (non-hydrogen) atoms. The summed E-state index contributed by atoms with van der Waals surface area (Å²) in [6.07, 6.45) is -0.635. The first-order valence-electron chi connectivity index (χ1n) is 3.64. The van der Waals surface area contributed by atoms with Crippen molar-refractivity contribution in [3.63, 3.8) is 0 Å². The Bertz CT molecular complexity index is 227. The van der Waals surface area contributed by atoms with Crippen molar-refractivity contribution in [1.82, 2.24) is 4.90 Å². The van der Waals surface area contributed by atoms with Gasteiger partial charge in [-0.1, -0.05) is 0 Å². The van der Waals surface area contributed by atoms with Crippen LogP contribution in [0.15, 0.2) is 0 Å². The third-order valence-corrected chi connectivity index (χ3v) is 3.85. The van der Waals surface area contributed by atoms with Gasteiger partial charge < -0.3 is 0 Å². The van der Waals surface area contributed by atoms with Crippen LogP contribution in [0.1, 0.15) is 0 Å². The number of rotatable bonds is 2. The van der Waals surface area contributed by atoms with Crippen molar-refractivity contribution in [3.8, 4) is 0 Å². The molecule has 0 aromatic carbocycles. The molecular weight excluding hydrogens is 220 g/mol. The molecule has 0 aromatic rings. The standard InChI is InChI=1S/C4H13NO6P2/c6-12(7,8)3-5-1-2-11-13(9,10)4-5/h9-10,13H,1-4H2,(H2,6,7,8). The van der Waals surface area contributed by atoms with E-state index >= 15 is 0 Å². The van der Waals surface area contributed by atoms with Gasteiger partial charge in [0.2, 0.25) is 0 Å². The van der Waals surface area contributed by atoms with E-state index in [-0.39, 0.29) is 12.9 Å².